The van der Waals surface area contributed by atoms with E-state index in [0.29, 0.717) is 23.7 Å². The molecule has 1 aromatic carbocycles. The number of fused-ring (bicyclic) bond motifs is 1. The third-order valence-electron chi connectivity index (χ3n) is 2.88. The highest BCUT2D eigenvalue weighted by Crippen LogP contribution is 2.34. The van der Waals surface area contributed by atoms with Gasteiger partial charge in [-0.15, -0.1) is 0 Å². The van der Waals surface area contributed by atoms with Gasteiger partial charge >= 0.3 is 6.18 Å². The molecule has 0 atom stereocenters. The molecule has 8 heteroatoms. The van der Waals surface area contributed by atoms with Crippen molar-refractivity contribution in [1.82, 2.24) is 9.40 Å². The average molecular weight is 308 g/mol. The molecule has 0 spiro atoms. The zero-order chi connectivity index (χ0) is 13.6. The monoisotopic (exact) mass is 307 g/mol. The van der Waals surface area contributed by atoms with E-state index in [4.69, 9.17) is 11.8 Å². The van der Waals surface area contributed by atoms with E-state index >= 15 is 0 Å². The summed E-state index contributed by atoms with van der Waals surface area (Å²) in [6.45, 7) is 1.40. The zero-order valence-corrected chi connectivity index (χ0v) is 11.1. The Labute approximate surface area is 116 Å². The lowest BCUT2D eigenvalue weighted by Gasteiger charge is -2.33. The van der Waals surface area contributed by atoms with E-state index in [-0.39, 0.29) is 6.04 Å². The van der Waals surface area contributed by atoms with Gasteiger partial charge < -0.3 is 5.32 Å². The molecule has 0 bridgehead atoms. The molecule has 0 aliphatic carbocycles. The van der Waals surface area contributed by atoms with E-state index in [9.17, 15) is 13.2 Å². The Kier molecular flexibility index (Phi) is 3.07. The van der Waals surface area contributed by atoms with Crippen molar-refractivity contribution in [2.75, 3.05) is 18.4 Å². The fourth-order valence-electron chi connectivity index (χ4n) is 1.86. The molecule has 19 heavy (non-hydrogen) atoms. The van der Waals surface area contributed by atoms with Crippen molar-refractivity contribution in [3.05, 3.63) is 23.8 Å². The second-order valence-corrected chi connectivity index (χ2v) is 5.88. The van der Waals surface area contributed by atoms with E-state index < -0.39 is 11.7 Å². The van der Waals surface area contributed by atoms with Crippen LogP contribution in [0, 0.1) is 0 Å². The van der Waals surface area contributed by atoms with Crippen LogP contribution in [0.1, 0.15) is 5.56 Å². The highest BCUT2D eigenvalue weighted by molar-refractivity contribution is 7.22. The Balaban J connectivity index is 1.84. The molecule has 0 amide bonds. The predicted octanol–water partition coefficient (Wildman–Crippen LogP) is 3.57. The summed E-state index contributed by atoms with van der Waals surface area (Å²) >= 11 is 7.06. The van der Waals surface area contributed by atoms with Crippen LogP contribution in [0.5, 0.6) is 0 Å². The van der Waals surface area contributed by atoms with Gasteiger partial charge in [0, 0.05) is 13.1 Å². The Morgan fingerprint density at radius 1 is 1.37 bits per heavy atom. The van der Waals surface area contributed by atoms with Crippen LogP contribution in [0.3, 0.4) is 0 Å². The highest BCUT2D eigenvalue weighted by atomic mass is 35.5. The molecule has 0 unspecified atom stereocenters. The Hall–Kier alpha value is -1.05. The molecule has 2 aromatic rings. The standard InChI is InChI=1S/C11H9ClF3N3S/c12-18-4-7(5-18)16-10-17-8-3-6(11(13,14)15)1-2-9(8)19-10/h1-3,7H,4-5H2,(H,16,17). The predicted molar refractivity (Wildman–Crippen MR) is 69.5 cm³/mol. The van der Waals surface area contributed by atoms with Gasteiger partial charge in [0.05, 0.1) is 21.8 Å². The summed E-state index contributed by atoms with van der Waals surface area (Å²) in [5, 5.41) is 3.79. The van der Waals surface area contributed by atoms with Crippen molar-refractivity contribution in [2.45, 2.75) is 12.2 Å². The molecule has 102 valence electrons. The summed E-state index contributed by atoms with van der Waals surface area (Å²) in [5.41, 5.74) is -0.309. The number of hydrogen-bond donors (Lipinski definition) is 1. The largest absolute Gasteiger partial charge is 0.416 e. The number of halogens is 4. The van der Waals surface area contributed by atoms with Gasteiger partial charge in [0.15, 0.2) is 5.13 Å². The molecule has 3 rings (SSSR count). The summed E-state index contributed by atoms with van der Waals surface area (Å²) in [6, 6.07) is 3.82. The van der Waals surface area contributed by atoms with E-state index in [1.165, 1.54) is 17.4 Å². The fraction of sp³-hybridized carbons (Fsp3) is 0.364. The van der Waals surface area contributed by atoms with E-state index in [0.717, 1.165) is 16.8 Å². The number of hydrogen-bond acceptors (Lipinski definition) is 4. The lowest BCUT2D eigenvalue weighted by atomic mass is 10.2. The van der Waals surface area contributed by atoms with Gasteiger partial charge in [-0.25, -0.2) is 9.40 Å². The Morgan fingerprint density at radius 2 is 2.11 bits per heavy atom. The summed E-state index contributed by atoms with van der Waals surface area (Å²) in [5.74, 6) is 0. The number of alkyl halides is 3. The van der Waals surface area contributed by atoms with E-state index in [1.807, 2.05) is 0 Å². The van der Waals surface area contributed by atoms with Gasteiger partial charge in [0.25, 0.3) is 0 Å². The lowest BCUT2D eigenvalue weighted by molar-refractivity contribution is -0.137. The maximum absolute atomic E-state index is 12.6. The number of nitrogens with one attached hydrogen (secondary N) is 1. The molecule has 0 saturated carbocycles. The van der Waals surface area contributed by atoms with Gasteiger partial charge in [-0.3, -0.25) is 0 Å². The van der Waals surface area contributed by atoms with Crippen molar-refractivity contribution in [2.24, 2.45) is 0 Å². The molecular formula is C11H9ClF3N3S. The number of benzene rings is 1. The van der Waals surface area contributed by atoms with Gasteiger partial charge in [0.2, 0.25) is 0 Å². The van der Waals surface area contributed by atoms with Crippen LogP contribution in [-0.4, -0.2) is 28.5 Å². The molecule has 1 saturated heterocycles. The summed E-state index contributed by atoms with van der Waals surface area (Å²) in [6.07, 6.45) is -4.33. The normalized spacial score (nSPS) is 17.7. The number of rotatable bonds is 2. The number of aromatic nitrogens is 1. The molecule has 2 heterocycles. The van der Waals surface area contributed by atoms with E-state index in [2.05, 4.69) is 10.3 Å². The van der Waals surface area contributed by atoms with Crippen molar-refractivity contribution in [3.63, 3.8) is 0 Å². The number of anilines is 1. The first-order chi connectivity index (χ1) is 8.91. The molecule has 1 aliphatic rings. The SMILES string of the molecule is FC(F)(F)c1ccc2sc(NC3CN(Cl)C3)nc2c1. The smallest absolute Gasteiger partial charge is 0.356 e. The Morgan fingerprint density at radius 3 is 2.74 bits per heavy atom. The van der Waals surface area contributed by atoms with Gasteiger partial charge in [-0.05, 0) is 30.0 Å². The lowest BCUT2D eigenvalue weighted by Crippen LogP contribution is -2.49. The van der Waals surface area contributed by atoms with E-state index in [1.54, 1.807) is 4.42 Å². The summed E-state index contributed by atoms with van der Waals surface area (Å²) < 4.78 is 40.1. The molecule has 3 nitrogen and oxygen atoms in total. The highest BCUT2D eigenvalue weighted by Gasteiger charge is 2.31. The topological polar surface area (TPSA) is 28.2 Å². The van der Waals surface area contributed by atoms with Gasteiger partial charge in [-0.1, -0.05) is 11.3 Å². The van der Waals surface area contributed by atoms with Crippen LogP contribution in [0.2, 0.25) is 0 Å². The van der Waals surface area contributed by atoms with Crippen molar-refractivity contribution in [1.29, 1.82) is 0 Å². The van der Waals surface area contributed by atoms with Crippen LogP contribution < -0.4 is 5.32 Å². The molecule has 1 aliphatic heterocycles. The molecular weight excluding hydrogens is 299 g/mol. The minimum Gasteiger partial charge on any atom is -0.356 e. The maximum Gasteiger partial charge on any atom is 0.416 e. The first kappa shape index (κ1) is 13.0. The van der Waals surface area contributed by atoms with Crippen molar-refractivity contribution >= 4 is 38.5 Å². The zero-order valence-electron chi connectivity index (χ0n) is 9.54. The third-order valence-corrected chi connectivity index (χ3v) is 4.12. The molecule has 1 fully saturated rings. The molecule has 1 aromatic heterocycles. The Bertz CT molecular complexity index is 607. The fourth-order valence-corrected chi connectivity index (χ4v) is 3.11. The second kappa shape index (κ2) is 4.50. The summed E-state index contributed by atoms with van der Waals surface area (Å²) in [7, 11) is 0. The van der Waals surface area contributed by atoms with Crippen LogP contribution in [-0.2, 0) is 6.18 Å². The van der Waals surface area contributed by atoms with Crippen LogP contribution in [0.25, 0.3) is 10.2 Å². The van der Waals surface area contributed by atoms with Crippen LogP contribution in [0.15, 0.2) is 18.2 Å². The quantitative estimate of drug-likeness (QED) is 0.860. The first-order valence-corrected chi connectivity index (χ1v) is 6.72. The van der Waals surface area contributed by atoms with Crippen molar-refractivity contribution in [3.8, 4) is 0 Å². The summed E-state index contributed by atoms with van der Waals surface area (Å²) in [4.78, 5) is 4.18. The number of thiazole rings is 1. The van der Waals surface area contributed by atoms with Gasteiger partial charge in [0.1, 0.15) is 0 Å². The van der Waals surface area contributed by atoms with Crippen LogP contribution in [0.4, 0.5) is 18.3 Å². The maximum atomic E-state index is 12.6. The minimum absolute atomic E-state index is 0.208. The third kappa shape index (κ3) is 2.63. The second-order valence-electron chi connectivity index (χ2n) is 4.37. The first-order valence-electron chi connectivity index (χ1n) is 5.57. The van der Waals surface area contributed by atoms with Crippen LogP contribution >= 0.6 is 23.1 Å². The molecule has 1 N–H and O–H groups in total. The minimum atomic E-state index is -4.33. The van der Waals surface area contributed by atoms with Crippen molar-refractivity contribution < 1.29 is 13.2 Å². The average Bonchev–Trinajstić information content (AvgIpc) is 2.66. The van der Waals surface area contributed by atoms with Gasteiger partial charge in [-0.2, -0.15) is 13.2 Å². The molecule has 0 radical (unpaired) electrons. The number of nitrogens with zero attached hydrogens (tertiary/aromatic N) is 2.